The van der Waals surface area contributed by atoms with E-state index >= 15 is 0 Å². The molecule has 0 spiro atoms. The van der Waals surface area contributed by atoms with E-state index in [-0.39, 0.29) is 0 Å². The second-order valence-electron chi connectivity index (χ2n) is 14.2. The normalized spacial score (nSPS) is 14.3. The first-order chi connectivity index (χ1) is 22.3. The van der Waals surface area contributed by atoms with Gasteiger partial charge < -0.3 is 0 Å². The van der Waals surface area contributed by atoms with Crippen molar-refractivity contribution >= 4 is 0 Å². The Bertz CT molecular complexity index is 1200. The fraction of sp³-hybridized carbons (Fsp3) is 0.718. The Morgan fingerprint density at radius 1 is 0.413 bits per heavy atom. The van der Waals surface area contributed by atoms with E-state index in [0.29, 0.717) is 46.7 Å². The zero-order valence-electron chi connectivity index (χ0n) is 30.5. The summed E-state index contributed by atoms with van der Waals surface area (Å²) in [6.07, 6.45) is 18.0. The molecule has 0 saturated heterocycles. The van der Waals surface area contributed by atoms with Crippen LogP contribution >= 0.6 is 0 Å². The van der Waals surface area contributed by atoms with Gasteiger partial charge in [0.25, 0.3) is 0 Å². The van der Waals surface area contributed by atoms with Gasteiger partial charge in [-0.2, -0.15) is 10.2 Å². The molecular weight excluding hydrogens is 566 g/mol. The molecule has 0 aromatic carbocycles. The Hall–Kier alpha value is -2.83. The first-order valence-corrected chi connectivity index (χ1v) is 18.7. The van der Waals surface area contributed by atoms with Gasteiger partial charge in [0, 0.05) is 0 Å². The van der Waals surface area contributed by atoms with Crippen LogP contribution in [0.2, 0.25) is 0 Å². The van der Waals surface area contributed by atoms with E-state index in [2.05, 4.69) is 65.6 Å². The topological polar surface area (TPSA) is 90.2 Å². The zero-order chi connectivity index (χ0) is 33.3. The molecule has 3 heterocycles. The first-order valence-electron chi connectivity index (χ1n) is 18.7. The monoisotopic (exact) mass is 630 g/mol. The third-order valence-electron chi connectivity index (χ3n) is 9.51. The highest BCUT2D eigenvalue weighted by molar-refractivity contribution is 5.57. The largest absolute Gasteiger partial charge is 0.241 e. The second kappa shape index (κ2) is 20.4. The van der Waals surface area contributed by atoms with E-state index in [0.717, 1.165) is 74.1 Å². The summed E-state index contributed by atoms with van der Waals surface area (Å²) in [5.41, 5.74) is 5.66. The molecule has 0 bridgehead atoms. The van der Waals surface area contributed by atoms with Crippen LogP contribution in [0, 0.1) is 23.7 Å². The van der Waals surface area contributed by atoms with Crippen molar-refractivity contribution in [2.45, 2.75) is 158 Å². The van der Waals surface area contributed by atoms with Gasteiger partial charge in [0.2, 0.25) is 11.6 Å². The predicted molar refractivity (Wildman–Crippen MR) is 191 cm³/mol. The molecule has 0 aliphatic carbocycles. The van der Waals surface area contributed by atoms with Gasteiger partial charge >= 0.3 is 0 Å². The number of hydrogen-bond acceptors (Lipinski definition) is 7. The third-order valence-corrected chi connectivity index (χ3v) is 9.51. The van der Waals surface area contributed by atoms with Gasteiger partial charge in [0.15, 0.2) is 0 Å². The number of rotatable bonds is 22. The molecule has 0 aliphatic heterocycles. The van der Waals surface area contributed by atoms with Crippen LogP contribution in [0.3, 0.4) is 0 Å². The molecule has 7 nitrogen and oxygen atoms in total. The summed E-state index contributed by atoms with van der Waals surface area (Å²) in [6.45, 7) is 18.4. The van der Waals surface area contributed by atoms with Crippen molar-refractivity contribution < 1.29 is 0 Å². The standard InChI is InChI=1S/C39H63N7/c1-9-14-28(5)20-24-32-34(26-22-30(7)16-11-3)43-45-38(41-32)36-18-13-19-37(40-36)39-42-33(25-21-29(6)15-10-2)35(44-46-39)27-23-31(8)17-12-4/h13,18-19,28-31H,9-12,14-17,20-27H2,1-8H3. The van der Waals surface area contributed by atoms with Gasteiger partial charge in [-0.05, 0) is 87.2 Å². The van der Waals surface area contributed by atoms with E-state index in [1.807, 2.05) is 18.2 Å². The van der Waals surface area contributed by atoms with Crippen molar-refractivity contribution in [1.29, 1.82) is 0 Å². The van der Waals surface area contributed by atoms with Crippen molar-refractivity contribution in [2.24, 2.45) is 23.7 Å². The number of hydrogen-bond donors (Lipinski definition) is 0. The van der Waals surface area contributed by atoms with Gasteiger partial charge in [-0.15, -0.1) is 10.2 Å². The maximum atomic E-state index is 5.10. The maximum absolute atomic E-state index is 5.10. The van der Waals surface area contributed by atoms with Crippen molar-refractivity contribution in [1.82, 2.24) is 35.3 Å². The number of pyridine rings is 1. The summed E-state index contributed by atoms with van der Waals surface area (Å²) in [5.74, 6) is 3.84. The lowest BCUT2D eigenvalue weighted by molar-refractivity contribution is 0.470. The van der Waals surface area contributed by atoms with Crippen molar-refractivity contribution in [3.05, 3.63) is 41.0 Å². The second-order valence-corrected chi connectivity index (χ2v) is 14.2. The smallest absolute Gasteiger partial charge is 0.200 e. The molecule has 0 radical (unpaired) electrons. The molecule has 0 aliphatic rings. The minimum Gasteiger partial charge on any atom is -0.241 e. The molecule has 7 heteroatoms. The average Bonchev–Trinajstić information content (AvgIpc) is 3.05. The minimum absolute atomic E-state index is 0.577. The molecular formula is C39H63N7. The highest BCUT2D eigenvalue weighted by Gasteiger charge is 2.18. The van der Waals surface area contributed by atoms with Crippen molar-refractivity contribution in [3.63, 3.8) is 0 Å². The molecule has 0 amide bonds. The van der Waals surface area contributed by atoms with Gasteiger partial charge in [0.05, 0.1) is 22.8 Å². The van der Waals surface area contributed by atoms with Crippen LogP contribution in [0.4, 0.5) is 0 Å². The lowest BCUT2D eigenvalue weighted by Crippen LogP contribution is -2.11. The summed E-state index contributed by atoms with van der Waals surface area (Å²) >= 11 is 0. The van der Waals surface area contributed by atoms with E-state index in [1.54, 1.807) is 0 Å². The third kappa shape index (κ3) is 12.4. The highest BCUT2D eigenvalue weighted by Crippen LogP contribution is 2.24. The molecule has 0 N–H and O–H groups in total. The van der Waals surface area contributed by atoms with Crippen LogP contribution < -0.4 is 0 Å². The Kier molecular flexibility index (Phi) is 16.7. The maximum Gasteiger partial charge on any atom is 0.200 e. The molecule has 3 aromatic heterocycles. The SMILES string of the molecule is CCCC(C)CCc1nnc(-c2cccc(-c3nnc(CCC(C)CCC)c(CCC(C)CCC)n3)n2)nc1CCC(C)CCC. The minimum atomic E-state index is 0.577. The number of aromatic nitrogens is 7. The van der Waals surface area contributed by atoms with E-state index in [4.69, 9.17) is 25.1 Å². The summed E-state index contributed by atoms with van der Waals surface area (Å²) < 4.78 is 0. The van der Waals surface area contributed by atoms with Crippen LogP contribution in [0.5, 0.6) is 0 Å². The quantitative estimate of drug-likeness (QED) is 0.109. The average molecular weight is 630 g/mol. The molecule has 0 fully saturated rings. The van der Waals surface area contributed by atoms with Crippen LogP contribution in [-0.2, 0) is 25.7 Å². The molecule has 46 heavy (non-hydrogen) atoms. The van der Waals surface area contributed by atoms with Gasteiger partial charge in [-0.25, -0.2) is 15.0 Å². The summed E-state index contributed by atoms with van der Waals surface area (Å²) in [7, 11) is 0. The lowest BCUT2D eigenvalue weighted by atomic mass is 9.95. The van der Waals surface area contributed by atoms with Gasteiger partial charge in [-0.3, -0.25) is 0 Å². The molecule has 254 valence electrons. The number of nitrogens with zero attached hydrogens (tertiary/aromatic N) is 7. The number of aryl methyl sites for hydroxylation is 4. The van der Waals surface area contributed by atoms with Crippen LogP contribution in [0.25, 0.3) is 23.0 Å². The van der Waals surface area contributed by atoms with Crippen LogP contribution in [0.15, 0.2) is 18.2 Å². The van der Waals surface area contributed by atoms with E-state index in [1.165, 1.54) is 51.4 Å². The molecule has 4 unspecified atom stereocenters. The molecule has 3 rings (SSSR count). The van der Waals surface area contributed by atoms with Gasteiger partial charge in [-0.1, -0.05) is 113 Å². The Morgan fingerprint density at radius 2 is 0.739 bits per heavy atom. The fourth-order valence-electron chi connectivity index (χ4n) is 6.53. The Balaban J connectivity index is 1.90. The zero-order valence-corrected chi connectivity index (χ0v) is 30.5. The van der Waals surface area contributed by atoms with E-state index in [9.17, 15) is 0 Å². The fourth-order valence-corrected chi connectivity index (χ4v) is 6.53. The Morgan fingerprint density at radius 3 is 1.07 bits per heavy atom. The van der Waals surface area contributed by atoms with Crippen LogP contribution in [-0.4, -0.2) is 35.3 Å². The van der Waals surface area contributed by atoms with Crippen molar-refractivity contribution in [3.8, 4) is 23.0 Å². The summed E-state index contributed by atoms with van der Waals surface area (Å²) in [5, 5.41) is 18.7. The van der Waals surface area contributed by atoms with Crippen LogP contribution in [0.1, 0.15) is 155 Å². The first kappa shape index (κ1) is 37.6. The Labute approximate surface area is 280 Å². The molecule has 4 atom stereocenters. The van der Waals surface area contributed by atoms with Gasteiger partial charge in [0.1, 0.15) is 11.4 Å². The molecule has 0 saturated carbocycles. The lowest BCUT2D eigenvalue weighted by Gasteiger charge is -2.15. The highest BCUT2D eigenvalue weighted by atomic mass is 15.2. The molecule has 3 aromatic rings. The summed E-state index contributed by atoms with van der Waals surface area (Å²) in [6, 6.07) is 5.94. The summed E-state index contributed by atoms with van der Waals surface area (Å²) in [4.78, 5) is 15.2. The van der Waals surface area contributed by atoms with E-state index < -0.39 is 0 Å². The predicted octanol–water partition coefficient (Wildman–Crippen LogP) is 10.3. The van der Waals surface area contributed by atoms with Crippen molar-refractivity contribution in [2.75, 3.05) is 0 Å².